The van der Waals surface area contributed by atoms with E-state index < -0.39 is 0 Å². The van der Waals surface area contributed by atoms with Gasteiger partial charge in [-0.15, -0.1) is 0 Å². The second-order valence-electron chi connectivity index (χ2n) is 7.37. The van der Waals surface area contributed by atoms with Crippen LogP contribution in [0.4, 0.5) is 5.69 Å². The van der Waals surface area contributed by atoms with Crippen molar-refractivity contribution < 1.29 is 19.1 Å². The third kappa shape index (κ3) is 4.40. The van der Waals surface area contributed by atoms with Crippen LogP contribution in [0.5, 0.6) is 11.5 Å². The Labute approximate surface area is 189 Å². The highest BCUT2D eigenvalue weighted by molar-refractivity contribution is 6.09. The molecule has 2 amide bonds. The first-order valence-electron chi connectivity index (χ1n) is 10.3. The lowest BCUT2D eigenvalue weighted by Crippen LogP contribution is -2.24. The van der Waals surface area contributed by atoms with Gasteiger partial charge in [-0.25, -0.2) is 4.68 Å². The minimum absolute atomic E-state index is 0.199. The van der Waals surface area contributed by atoms with E-state index in [9.17, 15) is 9.59 Å². The second kappa shape index (κ2) is 8.88. The van der Waals surface area contributed by atoms with Crippen LogP contribution in [0.1, 0.15) is 26.3 Å². The molecule has 2 heterocycles. The number of benzene rings is 3. The molecule has 8 heteroatoms. The molecule has 33 heavy (non-hydrogen) atoms. The molecule has 0 aliphatic carbocycles. The van der Waals surface area contributed by atoms with Gasteiger partial charge in [-0.3, -0.25) is 9.59 Å². The van der Waals surface area contributed by atoms with E-state index in [-0.39, 0.29) is 18.6 Å². The Balaban J connectivity index is 1.26. The normalized spacial score (nSPS) is 11.8. The molecule has 0 saturated heterocycles. The van der Waals surface area contributed by atoms with Gasteiger partial charge in [0.25, 0.3) is 11.8 Å². The number of nitrogens with one attached hydrogen (secondary N) is 2. The molecule has 1 aromatic heterocycles. The highest BCUT2D eigenvalue weighted by Crippen LogP contribution is 2.32. The first kappa shape index (κ1) is 20.3. The van der Waals surface area contributed by atoms with Gasteiger partial charge < -0.3 is 20.1 Å². The summed E-state index contributed by atoms with van der Waals surface area (Å²) in [6.07, 6.45) is 3.52. The molecule has 0 bridgehead atoms. The molecular formula is C25H20N4O4. The number of amides is 2. The van der Waals surface area contributed by atoms with E-state index in [4.69, 9.17) is 9.47 Å². The maximum absolute atomic E-state index is 12.8. The van der Waals surface area contributed by atoms with Gasteiger partial charge in [0.1, 0.15) is 0 Å². The van der Waals surface area contributed by atoms with Gasteiger partial charge >= 0.3 is 0 Å². The monoisotopic (exact) mass is 440 g/mol. The largest absolute Gasteiger partial charge is 0.454 e. The van der Waals surface area contributed by atoms with Crippen molar-refractivity contribution in [1.82, 2.24) is 15.1 Å². The number of hydrogen-bond donors (Lipinski definition) is 2. The molecule has 0 unspecified atom stereocenters. The number of ether oxygens (including phenoxy) is 2. The molecule has 4 aromatic rings. The fraction of sp³-hybridized carbons (Fsp3) is 0.0800. The van der Waals surface area contributed by atoms with Crippen LogP contribution >= 0.6 is 0 Å². The smallest absolute Gasteiger partial charge is 0.255 e. The zero-order chi connectivity index (χ0) is 22.6. The lowest BCUT2D eigenvalue weighted by atomic mass is 10.1. The minimum atomic E-state index is -0.307. The number of anilines is 1. The molecular weight excluding hydrogens is 420 g/mol. The number of aromatic nitrogens is 2. The Morgan fingerprint density at radius 2 is 1.73 bits per heavy atom. The maximum atomic E-state index is 12.8. The SMILES string of the molecule is O=C(Nc1ccccc1C(=O)NCc1ccc2c(c1)OCO2)c1ccc(-n2cccn2)cc1. The van der Waals surface area contributed by atoms with Crippen molar-refractivity contribution in [3.05, 3.63) is 102 Å². The van der Waals surface area contributed by atoms with Gasteiger partial charge in [0.05, 0.1) is 16.9 Å². The topological polar surface area (TPSA) is 94.5 Å². The minimum Gasteiger partial charge on any atom is -0.454 e. The Bertz CT molecular complexity index is 1300. The van der Waals surface area contributed by atoms with Gasteiger partial charge in [0.2, 0.25) is 6.79 Å². The zero-order valence-electron chi connectivity index (χ0n) is 17.5. The molecule has 3 aromatic carbocycles. The number of nitrogens with zero attached hydrogens (tertiary/aromatic N) is 2. The molecule has 164 valence electrons. The first-order chi connectivity index (χ1) is 16.2. The highest BCUT2D eigenvalue weighted by Gasteiger charge is 2.16. The number of fused-ring (bicyclic) bond motifs is 1. The average molecular weight is 440 g/mol. The van der Waals surface area contributed by atoms with E-state index in [0.717, 1.165) is 11.3 Å². The van der Waals surface area contributed by atoms with Gasteiger partial charge in [-0.2, -0.15) is 5.10 Å². The quantitative estimate of drug-likeness (QED) is 0.476. The Kier molecular flexibility index (Phi) is 5.47. The summed E-state index contributed by atoms with van der Waals surface area (Å²) in [5.41, 5.74) is 3.01. The summed E-state index contributed by atoms with van der Waals surface area (Å²) < 4.78 is 12.4. The van der Waals surface area contributed by atoms with Crippen LogP contribution in [0, 0.1) is 0 Å². The predicted octanol–water partition coefficient (Wildman–Crippen LogP) is 3.78. The average Bonchev–Trinajstić information content (AvgIpc) is 3.55. The molecule has 0 fully saturated rings. The van der Waals surface area contributed by atoms with Crippen molar-refractivity contribution >= 4 is 17.5 Å². The van der Waals surface area contributed by atoms with Gasteiger partial charge in [-0.05, 0) is 60.2 Å². The Hall–Kier alpha value is -4.59. The summed E-state index contributed by atoms with van der Waals surface area (Å²) in [6, 6.07) is 21.3. The van der Waals surface area contributed by atoms with Crippen LogP contribution < -0.4 is 20.1 Å². The fourth-order valence-corrected chi connectivity index (χ4v) is 3.50. The molecule has 2 N–H and O–H groups in total. The molecule has 0 radical (unpaired) electrons. The summed E-state index contributed by atoms with van der Waals surface area (Å²) >= 11 is 0. The number of hydrogen-bond acceptors (Lipinski definition) is 5. The maximum Gasteiger partial charge on any atom is 0.255 e. The predicted molar refractivity (Wildman–Crippen MR) is 122 cm³/mol. The fourth-order valence-electron chi connectivity index (χ4n) is 3.50. The van der Waals surface area contributed by atoms with Crippen molar-refractivity contribution in [3.63, 3.8) is 0 Å². The standard InChI is InChI=1S/C25H20N4O4/c30-24(18-7-9-19(10-8-18)29-13-3-12-27-29)28-21-5-2-1-4-20(21)25(31)26-15-17-6-11-22-23(14-17)33-16-32-22/h1-14H,15-16H2,(H,26,31)(H,28,30). The molecule has 0 spiro atoms. The van der Waals surface area contributed by atoms with E-state index in [1.807, 2.05) is 42.6 Å². The van der Waals surface area contributed by atoms with Crippen molar-refractivity contribution in [2.75, 3.05) is 12.1 Å². The van der Waals surface area contributed by atoms with Gasteiger partial charge in [-0.1, -0.05) is 18.2 Å². The molecule has 8 nitrogen and oxygen atoms in total. The molecule has 1 aliphatic heterocycles. The van der Waals surface area contributed by atoms with Crippen LogP contribution in [-0.4, -0.2) is 28.4 Å². The van der Waals surface area contributed by atoms with E-state index in [2.05, 4.69) is 15.7 Å². The van der Waals surface area contributed by atoms with Crippen molar-refractivity contribution in [3.8, 4) is 17.2 Å². The summed E-state index contributed by atoms with van der Waals surface area (Å²) in [4.78, 5) is 25.6. The second-order valence-corrected chi connectivity index (χ2v) is 7.37. The zero-order valence-corrected chi connectivity index (χ0v) is 17.5. The summed E-state index contributed by atoms with van der Waals surface area (Å²) in [5.74, 6) is 0.749. The summed E-state index contributed by atoms with van der Waals surface area (Å²) in [5, 5.41) is 9.90. The summed E-state index contributed by atoms with van der Waals surface area (Å²) in [7, 11) is 0. The molecule has 0 saturated carbocycles. The van der Waals surface area contributed by atoms with Crippen molar-refractivity contribution in [2.45, 2.75) is 6.54 Å². The van der Waals surface area contributed by atoms with Crippen molar-refractivity contribution in [2.24, 2.45) is 0 Å². The Morgan fingerprint density at radius 1 is 0.909 bits per heavy atom. The highest BCUT2D eigenvalue weighted by atomic mass is 16.7. The third-order valence-corrected chi connectivity index (χ3v) is 5.21. The van der Waals surface area contributed by atoms with Crippen LogP contribution in [0.2, 0.25) is 0 Å². The van der Waals surface area contributed by atoms with E-state index in [0.29, 0.717) is 34.9 Å². The number of para-hydroxylation sites is 1. The van der Waals surface area contributed by atoms with E-state index >= 15 is 0 Å². The molecule has 5 rings (SSSR count). The first-order valence-corrected chi connectivity index (χ1v) is 10.3. The lowest BCUT2D eigenvalue weighted by Gasteiger charge is -2.12. The third-order valence-electron chi connectivity index (χ3n) is 5.21. The van der Waals surface area contributed by atoms with Crippen LogP contribution in [0.3, 0.4) is 0 Å². The lowest BCUT2D eigenvalue weighted by molar-refractivity contribution is 0.0951. The number of rotatable bonds is 6. The van der Waals surface area contributed by atoms with Crippen LogP contribution in [0.15, 0.2) is 85.2 Å². The Morgan fingerprint density at radius 3 is 2.55 bits per heavy atom. The van der Waals surface area contributed by atoms with Crippen molar-refractivity contribution in [1.29, 1.82) is 0 Å². The van der Waals surface area contributed by atoms with E-state index in [1.54, 1.807) is 47.3 Å². The summed E-state index contributed by atoms with van der Waals surface area (Å²) in [6.45, 7) is 0.511. The van der Waals surface area contributed by atoms with E-state index in [1.165, 1.54) is 0 Å². The number of carbonyl (C=O) groups is 2. The number of carbonyl (C=O) groups excluding carboxylic acids is 2. The van der Waals surface area contributed by atoms with Crippen LogP contribution in [-0.2, 0) is 6.54 Å². The van der Waals surface area contributed by atoms with Gasteiger partial charge in [0.15, 0.2) is 11.5 Å². The molecule has 0 atom stereocenters. The van der Waals surface area contributed by atoms with Gasteiger partial charge in [0, 0.05) is 24.5 Å². The van der Waals surface area contributed by atoms with Crippen LogP contribution in [0.25, 0.3) is 5.69 Å². The molecule has 1 aliphatic rings.